The molecule has 0 aliphatic carbocycles. The Labute approximate surface area is 70.1 Å². The van der Waals surface area contributed by atoms with Gasteiger partial charge in [0.25, 0.3) is 0 Å². The van der Waals surface area contributed by atoms with Crippen molar-refractivity contribution in [2.45, 2.75) is 39.2 Å². The number of hydrogen-bond donors (Lipinski definition) is 1. The first-order valence-electron chi connectivity index (χ1n) is 4.34. The molecule has 0 saturated carbocycles. The molecule has 0 aromatic heterocycles. The van der Waals surface area contributed by atoms with Crippen molar-refractivity contribution in [2.24, 2.45) is 5.92 Å². The second kappa shape index (κ2) is 6.41. The highest BCUT2D eigenvalue weighted by atomic mass is 16.3. The van der Waals surface area contributed by atoms with Crippen LogP contribution in [0.4, 0.5) is 0 Å². The first-order chi connectivity index (χ1) is 5.22. The van der Waals surface area contributed by atoms with E-state index in [1.54, 1.807) is 0 Å². The van der Waals surface area contributed by atoms with Gasteiger partial charge in [-0.2, -0.15) is 0 Å². The van der Waals surface area contributed by atoms with Crippen molar-refractivity contribution in [3.63, 3.8) is 0 Å². The van der Waals surface area contributed by atoms with Crippen LogP contribution >= 0.6 is 0 Å². The fourth-order valence-electron chi connectivity index (χ4n) is 1.21. The van der Waals surface area contributed by atoms with E-state index in [0.717, 1.165) is 19.3 Å². The summed E-state index contributed by atoms with van der Waals surface area (Å²) in [5.41, 5.74) is 0. The first-order valence-corrected chi connectivity index (χ1v) is 4.34. The van der Waals surface area contributed by atoms with Crippen LogP contribution in [0.15, 0.2) is 12.2 Å². The van der Waals surface area contributed by atoms with Crippen LogP contribution in [0.3, 0.4) is 0 Å². The van der Waals surface area contributed by atoms with Gasteiger partial charge in [0.15, 0.2) is 0 Å². The molecule has 0 aromatic carbocycles. The summed E-state index contributed by atoms with van der Waals surface area (Å²) in [6.07, 6.45) is 6.86. The molecular formula is C10H19O. The third kappa shape index (κ3) is 5.02. The van der Waals surface area contributed by atoms with Crippen LogP contribution in [0, 0.1) is 12.8 Å². The predicted molar refractivity (Wildman–Crippen MR) is 49.2 cm³/mol. The molecule has 2 atom stereocenters. The molecule has 0 amide bonds. The Balaban J connectivity index is 3.52. The molecule has 0 saturated heterocycles. The van der Waals surface area contributed by atoms with Crippen LogP contribution in [0.5, 0.6) is 0 Å². The largest absolute Gasteiger partial charge is 0.393 e. The van der Waals surface area contributed by atoms with Crippen LogP contribution in [0.1, 0.15) is 33.1 Å². The number of rotatable bonds is 5. The van der Waals surface area contributed by atoms with Crippen LogP contribution in [-0.2, 0) is 0 Å². The van der Waals surface area contributed by atoms with E-state index in [0.29, 0.717) is 5.92 Å². The monoisotopic (exact) mass is 155 g/mol. The molecule has 1 nitrogen and oxygen atoms in total. The van der Waals surface area contributed by atoms with E-state index in [1.807, 2.05) is 19.1 Å². The highest BCUT2D eigenvalue weighted by Gasteiger charge is 2.10. The maximum atomic E-state index is 9.27. The van der Waals surface area contributed by atoms with Gasteiger partial charge in [0.05, 0.1) is 6.10 Å². The Kier molecular flexibility index (Phi) is 6.24. The SMILES string of the molecule is [CH2]/C=C/CCC(CC)C(C)O. The van der Waals surface area contributed by atoms with Gasteiger partial charge >= 0.3 is 0 Å². The summed E-state index contributed by atoms with van der Waals surface area (Å²) in [6.45, 7) is 7.59. The fraction of sp³-hybridized carbons (Fsp3) is 0.700. The van der Waals surface area contributed by atoms with Gasteiger partial charge in [-0.25, -0.2) is 0 Å². The third-order valence-corrected chi connectivity index (χ3v) is 2.08. The average molecular weight is 155 g/mol. The lowest BCUT2D eigenvalue weighted by Gasteiger charge is -2.16. The molecule has 0 aliphatic heterocycles. The number of hydrogen-bond acceptors (Lipinski definition) is 1. The summed E-state index contributed by atoms with van der Waals surface area (Å²) in [6, 6.07) is 0. The van der Waals surface area contributed by atoms with Crippen molar-refractivity contribution >= 4 is 0 Å². The minimum absolute atomic E-state index is 0.168. The van der Waals surface area contributed by atoms with Crippen molar-refractivity contribution in [3.05, 3.63) is 19.1 Å². The summed E-state index contributed by atoms with van der Waals surface area (Å²) in [7, 11) is 0. The quantitative estimate of drug-likeness (QED) is 0.647. The second-order valence-corrected chi connectivity index (χ2v) is 2.96. The number of aliphatic hydroxyl groups is 1. The van der Waals surface area contributed by atoms with E-state index < -0.39 is 0 Å². The summed E-state index contributed by atoms with van der Waals surface area (Å²) < 4.78 is 0. The summed E-state index contributed by atoms with van der Waals surface area (Å²) >= 11 is 0. The van der Waals surface area contributed by atoms with Gasteiger partial charge in [-0.05, 0) is 32.6 Å². The van der Waals surface area contributed by atoms with Crippen molar-refractivity contribution in [3.8, 4) is 0 Å². The van der Waals surface area contributed by atoms with Crippen molar-refractivity contribution in [2.75, 3.05) is 0 Å². The van der Waals surface area contributed by atoms with Crippen LogP contribution in [0.2, 0.25) is 0 Å². The molecule has 0 fully saturated rings. The smallest absolute Gasteiger partial charge is 0.0540 e. The summed E-state index contributed by atoms with van der Waals surface area (Å²) in [5, 5.41) is 9.27. The first kappa shape index (κ1) is 10.7. The highest BCUT2D eigenvalue weighted by Crippen LogP contribution is 2.15. The topological polar surface area (TPSA) is 20.2 Å². The van der Waals surface area contributed by atoms with Gasteiger partial charge in [-0.3, -0.25) is 0 Å². The third-order valence-electron chi connectivity index (χ3n) is 2.08. The van der Waals surface area contributed by atoms with E-state index in [2.05, 4.69) is 13.8 Å². The zero-order valence-electron chi connectivity index (χ0n) is 7.59. The zero-order valence-corrected chi connectivity index (χ0v) is 7.59. The van der Waals surface area contributed by atoms with Gasteiger partial charge in [0, 0.05) is 0 Å². The zero-order chi connectivity index (χ0) is 8.69. The molecule has 0 aliphatic rings. The maximum absolute atomic E-state index is 9.27. The van der Waals surface area contributed by atoms with Crippen molar-refractivity contribution in [1.29, 1.82) is 0 Å². The molecule has 2 unspecified atom stereocenters. The molecule has 11 heavy (non-hydrogen) atoms. The summed E-state index contributed by atoms with van der Waals surface area (Å²) in [4.78, 5) is 0. The summed E-state index contributed by atoms with van der Waals surface area (Å²) in [5.74, 6) is 0.450. The Morgan fingerprint density at radius 3 is 2.55 bits per heavy atom. The number of aliphatic hydroxyl groups excluding tert-OH is 1. The lowest BCUT2D eigenvalue weighted by atomic mass is 9.95. The van der Waals surface area contributed by atoms with E-state index in [-0.39, 0.29) is 6.10 Å². The van der Waals surface area contributed by atoms with E-state index in [4.69, 9.17) is 0 Å². The van der Waals surface area contributed by atoms with Crippen LogP contribution in [0.25, 0.3) is 0 Å². The lowest BCUT2D eigenvalue weighted by molar-refractivity contribution is 0.118. The fourth-order valence-corrected chi connectivity index (χ4v) is 1.21. The Bertz CT molecular complexity index is 105. The Hall–Kier alpha value is -0.300. The average Bonchev–Trinajstić information content (AvgIpc) is 1.97. The molecule has 1 heteroatoms. The normalized spacial score (nSPS) is 17.1. The van der Waals surface area contributed by atoms with Gasteiger partial charge in [-0.1, -0.05) is 25.5 Å². The molecule has 0 bridgehead atoms. The standard InChI is InChI=1S/C10H19O/c1-4-6-7-8-10(5-2)9(3)11/h4,6,9-11H,1,5,7-8H2,2-3H3/b6-4+. The molecule has 0 spiro atoms. The van der Waals surface area contributed by atoms with Crippen LogP contribution in [-0.4, -0.2) is 11.2 Å². The van der Waals surface area contributed by atoms with Crippen molar-refractivity contribution < 1.29 is 5.11 Å². The molecule has 0 rings (SSSR count). The molecule has 65 valence electrons. The van der Waals surface area contributed by atoms with E-state index in [9.17, 15) is 5.11 Å². The molecule has 1 N–H and O–H groups in total. The predicted octanol–water partition coefficient (Wildman–Crippen LogP) is 2.56. The minimum Gasteiger partial charge on any atom is -0.393 e. The van der Waals surface area contributed by atoms with Gasteiger partial charge in [0.2, 0.25) is 0 Å². The Morgan fingerprint density at radius 1 is 1.55 bits per heavy atom. The van der Waals surface area contributed by atoms with E-state index >= 15 is 0 Å². The molecular weight excluding hydrogens is 136 g/mol. The van der Waals surface area contributed by atoms with Gasteiger partial charge in [-0.15, -0.1) is 0 Å². The number of allylic oxidation sites excluding steroid dienone is 2. The molecule has 0 heterocycles. The minimum atomic E-state index is -0.168. The van der Waals surface area contributed by atoms with Gasteiger partial charge < -0.3 is 5.11 Å². The van der Waals surface area contributed by atoms with Crippen molar-refractivity contribution in [1.82, 2.24) is 0 Å². The van der Waals surface area contributed by atoms with Gasteiger partial charge in [0.1, 0.15) is 0 Å². The van der Waals surface area contributed by atoms with Crippen LogP contribution < -0.4 is 0 Å². The second-order valence-electron chi connectivity index (χ2n) is 2.96. The van der Waals surface area contributed by atoms with E-state index in [1.165, 1.54) is 0 Å². The lowest BCUT2D eigenvalue weighted by Crippen LogP contribution is -2.15. The highest BCUT2D eigenvalue weighted by molar-refractivity contribution is 4.84. The molecule has 0 aromatic rings. The molecule has 1 radical (unpaired) electrons. The Morgan fingerprint density at radius 2 is 2.18 bits per heavy atom. The maximum Gasteiger partial charge on any atom is 0.0540 e.